The molecule has 0 spiro atoms. The number of benzene rings is 1. The lowest BCUT2D eigenvalue weighted by Gasteiger charge is -2.12. The zero-order chi connectivity index (χ0) is 21.3. The second kappa shape index (κ2) is 8.28. The van der Waals surface area contributed by atoms with Gasteiger partial charge in [0.1, 0.15) is 11.6 Å². The summed E-state index contributed by atoms with van der Waals surface area (Å²) in [6.45, 7) is 3.66. The topological polar surface area (TPSA) is 41.6 Å². The third-order valence-electron chi connectivity index (χ3n) is 5.29. The van der Waals surface area contributed by atoms with Gasteiger partial charge in [-0.3, -0.25) is 4.79 Å². The zero-order valence-electron chi connectivity index (χ0n) is 17.5. The minimum atomic E-state index is -0.368. The highest BCUT2D eigenvalue weighted by Gasteiger charge is 2.26. The van der Waals surface area contributed by atoms with Crippen LogP contribution in [-0.2, 0) is 4.79 Å². The molecule has 154 valence electrons. The number of fused-ring (bicyclic) bond motifs is 2. The molecular formula is C25H25FN2O2. The van der Waals surface area contributed by atoms with E-state index in [1.54, 1.807) is 6.07 Å². The van der Waals surface area contributed by atoms with Gasteiger partial charge in [-0.1, -0.05) is 24.3 Å². The number of anilines is 1. The fraction of sp³-hybridized carbons (Fsp3) is 0.240. The molecular weight excluding hydrogens is 379 g/mol. The van der Waals surface area contributed by atoms with E-state index >= 15 is 0 Å². The summed E-state index contributed by atoms with van der Waals surface area (Å²) >= 11 is 0. The quantitative estimate of drug-likeness (QED) is 0.461. The molecule has 2 aliphatic carbocycles. The molecule has 3 aliphatic rings. The highest BCUT2D eigenvalue weighted by molar-refractivity contribution is 6.35. The van der Waals surface area contributed by atoms with Gasteiger partial charge in [-0.2, -0.15) is 0 Å². The molecule has 30 heavy (non-hydrogen) atoms. The average Bonchev–Trinajstić information content (AvgIpc) is 3.06. The summed E-state index contributed by atoms with van der Waals surface area (Å²) in [7, 11) is 4.10. The van der Waals surface area contributed by atoms with Crippen molar-refractivity contribution >= 4 is 23.2 Å². The lowest BCUT2D eigenvalue weighted by atomic mass is 10.0. The molecule has 0 fully saturated rings. The van der Waals surface area contributed by atoms with Gasteiger partial charge in [0.05, 0.1) is 12.3 Å². The van der Waals surface area contributed by atoms with E-state index in [9.17, 15) is 9.18 Å². The van der Waals surface area contributed by atoms with E-state index in [0.29, 0.717) is 23.4 Å². The maximum absolute atomic E-state index is 13.5. The number of amides is 1. The van der Waals surface area contributed by atoms with Crippen LogP contribution in [-0.4, -0.2) is 38.1 Å². The number of nitrogens with zero attached hydrogens (tertiary/aromatic N) is 1. The Hall–Kier alpha value is -3.18. The average molecular weight is 404 g/mol. The number of carbonyl (C=O) groups excluding carboxylic acids is 1. The number of nitrogens with one attached hydrogen (secondary N) is 1. The van der Waals surface area contributed by atoms with Gasteiger partial charge in [0.25, 0.3) is 5.91 Å². The summed E-state index contributed by atoms with van der Waals surface area (Å²) in [5.41, 5.74) is 5.87. The van der Waals surface area contributed by atoms with E-state index in [4.69, 9.17) is 4.74 Å². The van der Waals surface area contributed by atoms with Crippen molar-refractivity contribution in [2.45, 2.75) is 13.3 Å². The minimum Gasteiger partial charge on any atom is -0.493 e. The lowest BCUT2D eigenvalue weighted by Crippen LogP contribution is -2.15. The molecule has 1 N–H and O–H groups in total. The first-order chi connectivity index (χ1) is 14.4. The van der Waals surface area contributed by atoms with Gasteiger partial charge in [0.15, 0.2) is 0 Å². The van der Waals surface area contributed by atoms with Gasteiger partial charge >= 0.3 is 0 Å². The minimum absolute atomic E-state index is 0.219. The maximum Gasteiger partial charge on any atom is 0.256 e. The van der Waals surface area contributed by atoms with Crippen LogP contribution in [0.25, 0.3) is 22.8 Å². The highest BCUT2D eigenvalue weighted by Crippen LogP contribution is 2.41. The van der Waals surface area contributed by atoms with Crippen LogP contribution in [0.5, 0.6) is 5.75 Å². The van der Waals surface area contributed by atoms with Crippen molar-refractivity contribution in [3.8, 4) is 16.9 Å². The van der Waals surface area contributed by atoms with E-state index in [-0.39, 0.29) is 11.7 Å². The fourth-order valence-corrected chi connectivity index (χ4v) is 3.89. The molecule has 4 rings (SSSR count). The molecule has 0 aromatic heterocycles. The largest absolute Gasteiger partial charge is 0.493 e. The summed E-state index contributed by atoms with van der Waals surface area (Å²) < 4.78 is 19.6. The van der Waals surface area contributed by atoms with Crippen LogP contribution in [0.2, 0.25) is 0 Å². The molecule has 4 nitrogen and oxygen atoms in total. The number of aryl methyl sites for hydroxylation is 1. The Kier molecular flexibility index (Phi) is 5.55. The smallest absolute Gasteiger partial charge is 0.256 e. The first-order valence-electron chi connectivity index (χ1n) is 10.1. The molecule has 1 amide bonds. The van der Waals surface area contributed by atoms with Crippen LogP contribution in [0.15, 0.2) is 48.5 Å². The van der Waals surface area contributed by atoms with E-state index < -0.39 is 0 Å². The van der Waals surface area contributed by atoms with Crippen molar-refractivity contribution in [1.82, 2.24) is 4.90 Å². The van der Waals surface area contributed by atoms with Crippen LogP contribution >= 0.6 is 0 Å². The fourth-order valence-electron chi connectivity index (χ4n) is 3.89. The predicted molar refractivity (Wildman–Crippen MR) is 119 cm³/mol. The summed E-state index contributed by atoms with van der Waals surface area (Å²) in [5.74, 6) is 0.255. The van der Waals surface area contributed by atoms with Crippen LogP contribution in [0.3, 0.4) is 0 Å². The molecule has 0 saturated heterocycles. The van der Waals surface area contributed by atoms with Crippen molar-refractivity contribution in [1.29, 1.82) is 0 Å². The Balaban J connectivity index is 1.69. The number of rotatable bonds is 6. The number of halogens is 1. The standard InChI is InChI=1S/C25H25FN2O2/c1-16-13-17(14-21-20-10-9-18(26)15-22(20)27-25(21)29)19-7-4-5-8-23(24(16)19)30-12-6-11-28(2)3/h4-5,7-10,13-15H,6,11-12H2,1-3H3,(H,27,29)/b21-14+. The Morgan fingerprint density at radius 2 is 1.90 bits per heavy atom. The van der Waals surface area contributed by atoms with Crippen molar-refractivity contribution in [2.24, 2.45) is 0 Å². The normalized spacial score (nSPS) is 14.4. The van der Waals surface area contributed by atoms with E-state index in [1.165, 1.54) is 12.1 Å². The number of ether oxygens (including phenoxy) is 1. The monoisotopic (exact) mass is 404 g/mol. The first-order valence-corrected chi connectivity index (χ1v) is 10.1. The molecule has 1 aromatic rings. The summed E-state index contributed by atoms with van der Waals surface area (Å²) in [5, 5.41) is 2.75. The van der Waals surface area contributed by atoms with Crippen molar-refractivity contribution < 1.29 is 13.9 Å². The Morgan fingerprint density at radius 3 is 2.70 bits per heavy atom. The highest BCUT2D eigenvalue weighted by atomic mass is 19.1. The third kappa shape index (κ3) is 3.94. The first kappa shape index (κ1) is 20.1. The SMILES string of the molecule is Cc1cc(/C=C2/C(=O)Nc3cc(F)ccc32)c2ccccc(OCCCN(C)C)c1-2. The molecule has 1 heterocycles. The van der Waals surface area contributed by atoms with Crippen LogP contribution in [0, 0.1) is 12.7 Å². The van der Waals surface area contributed by atoms with E-state index in [0.717, 1.165) is 41.0 Å². The summed E-state index contributed by atoms with van der Waals surface area (Å²) in [6.07, 6.45) is 2.82. The number of hydrogen-bond donors (Lipinski definition) is 1. The molecule has 5 heteroatoms. The second-order valence-electron chi connectivity index (χ2n) is 7.86. The van der Waals surface area contributed by atoms with Gasteiger partial charge in [-0.25, -0.2) is 4.39 Å². The van der Waals surface area contributed by atoms with Crippen molar-refractivity contribution in [3.05, 3.63) is 71.0 Å². The summed E-state index contributed by atoms with van der Waals surface area (Å²) in [6, 6.07) is 14.4. The van der Waals surface area contributed by atoms with Gasteiger partial charge in [0, 0.05) is 23.2 Å². The van der Waals surface area contributed by atoms with Crippen LogP contribution < -0.4 is 10.1 Å². The molecule has 1 aromatic carbocycles. The van der Waals surface area contributed by atoms with Crippen molar-refractivity contribution in [2.75, 3.05) is 32.6 Å². The van der Waals surface area contributed by atoms with E-state index in [1.807, 2.05) is 44.4 Å². The maximum atomic E-state index is 13.5. The Morgan fingerprint density at radius 1 is 1.10 bits per heavy atom. The molecule has 0 radical (unpaired) electrons. The van der Waals surface area contributed by atoms with Gasteiger partial charge in [-0.05, 0) is 74.5 Å². The third-order valence-corrected chi connectivity index (χ3v) is 5.29. The van der Waals surface area contributed by atoms with Crippen molar-refractivity contribution in [3.63, 3.8) is 0 Å². The molecule has 1 aliphatic heterocycles. The Labute approximate surface area is 176 Å². The van der Waals surface area contributed by atoms with E-state index in [2.05, 4.69) is 23.2 Å². The molecule has 0 unspecified atom stereocenters. The van der Waals surface area contributed by atoms with Crippen LogP contribution in [0.4, 0.5) is 10.1 Å². The van der Waals surface area contributed by atoms with Gasteiger partial charge in [-0.15, -0.1) is 0 Å². The summed E-state index contributed by atoms with van der Waals surface area (Å²) in [4.78, 5) is 14.7. The molecule has 0 atom stereocenters. The predicted octanol–water partition coefficient (Wildman–Crippen LogP) is 5.06. The van der Waals surface area contributed by atoms with Gasteiger partial charge in [0.2, 0.25) is 0 Å². The molecule has 0 saturated carbocycles. The number of carbonyl (C=O) groups is 1. The second-order valence-corrected chi connectivity index (χ2v) is 7.86. The zero-order valence-corrected chi connectivity index (χ0v) is 17.5. The van der Waals surface area contributed by atoms with Crippen LogP contribution in [0.1, 0.15) is 23.1 Å². The van der Waals surface area contributed by atoms with Gasteiger partial charge < -0.3 is 15.0 Å². The number of hydrogen-bond acceptors (Lipinski definition) is 3. The molecule has 0 bridgehead atoms. The Bertz CT molecular complexity index is 1100. The lowest BCUT2D eigenvalue weighted by molar-refractivity contribution is -0.110.